The minimum Gasteiger partial charge on any atom is -0.507 e. The van der Waals surface area contributed by atoms with E-state index in [0.29, 0.717) is 22.0 Å². The van der Waals surface area contributed by atoms with E-state index in [1.54, 1.807) is 48.8 Å². The van der Waals surface area contributed by atoms with Crippen molar-refractivity contribution < 1.29 is 14.7 Å². The van der Waals surface area contributed by atoms with E-state index < -0.39 is 17.7 Å². The van der Waals surface area contributed by atoms with E-state index in [1.165, 1.54) is 4.90 Å². The summed E-state index contributed by atoms with van der Waals surface area (Å²) in [5.41, 5.74) is 3.00. The third-order valence-corrected chi connectivity index (χ3v) is 6.10. The Morgan fingerprint density at radius 2 is 1.88 bits per heavy atom. The zero-order valence-corrected chi connectivity index (χ0v) is 17.8. The van der Waals surface area contributed by atoms with Gasteiger partial charge in [0.25, 0.3) is 11.7 Å². The molecule has 1 saturated heterocycles. The fraction of sp³-hybridized carbons (Fsp3) is 0.0800. The predicted octanol–water partition coefficient (Wildman–Crippen LogP) is 5.15. The van der Waals surface area contributed by atoms with Crippen molar-refractivity contribution in [2.24, 2.45) is 0 Å². The van der Waals surface area contributed by atoms with Crippen LogP contribution in [0.5, 0.6) is 0 Å². The highest BCUT2D eigenvalue weighted by Gasteiger charge is 2.47. The molecule has 1 fully saturated rings. The van der Waals surface area contributed by atoms with Crippen LogP contribution in [0.2, 0.25) is 5.02 Å². The van der Waals surface area contributed by atoms with Gasteiger partial charge in [-0.1, -0.05) is 41.9 Å². The van der Waals surface area contributed by atoms with E-state index >= 15 is 0 Å². The van der Waals surface area contributed by atoms with E-state index in [0.717, 1.165) is 16.5 Å². The number of aliphatic hydroxyl groups excluding tert-OH is 1. The molecule has 1 amide bonds. The van der Waals surface area contributed by atoms with Gasteiger partial charge in [-0.25, -0.2) is 0 Å². The average Bonchev–Trinajstić information content (AvgIpc) is 3.35. The van der Waals surface area contributed by atoms with E-state index in [4.69, 9.17) is 11.6 Å². The Bertz CT molecular complexity index is 1410. The third kappa shape index (κ3) is 3.08. The number of nitrogens with one attached hydrogen (secondary N) is 1. The lowest BCUT2D eigenvalue weighted by molar-refractivity contribution is -0.132. The summed E-state index contributed by atoms with van der Waals surface area (Å²) in [6, 6.07) is 16.9. The van der Waals surface area contributed by atoms with Crippen molar-refractivity contribution in [1.29, 1.82) is 0 Å². The van der Waals surface area contributed by atoms with Crippen molar-refractivity contribution in [2.45, 2.75) is 13.0 Å². The van der Waals surface area contributed by atoms with Gasteiger partial charge in [0.2, 0.25) is 0 Å². The molecule has 32 heavy (non-hydrogen) atoms. The number of Topliss-reactive ketones (excluding diaryl/α,β-unsaturated/α-hetero) is 1. The minimum atomic E-state index is -0.899. The van der Waals surface area contributed by atoms with Crippen LogP contribution < -0.4 is 4.90 Å². The van der Waals surface area contributed by atoms with Gasteiger partial charge in [0.15, 0.2) is 0 Å². The molecule has 0 spiro atoms. The smallest absolute Gasteiger partial charge is 0.300 e. The highest BCUT2D eigenvalue weighted by molar-refractivity contribution is 6.52. The Morgan fingerprint density at radius 3 is 2.62 bits per heavy atom. The number of para-hydroxylation sites is 1. The fourth-order valence-electron chi connectivity index (χ4n) is 4.06. The number of H-pyrrole nitrogens is 1. The number of carbonyl (C=O) groups excluding carboxylic acids is 2. The molecule has 158 valence electrons. The number of hydrogen-bond donors (Lipinski definition) is 2. The quantitative estimate of drug-likeness (QED) is 0.260. The number of aromatic nitrogens is 2. The van der Waals surface area contributed by atoms with Crippen molar-refractivity contribution in [2.75, 3.05) is 4.90 Å². The van der Waals surface area contributed by atoms with Crippen molar-refractivity contribution >= 4 is 45.6 Å². The summed E-state index contributed by atoms with van der Waals surface area (Å²) in [6.07, 6.45) is 3.22. The molecule has 1 aliphatic heterocycles. The molecular weight excluding hydrogens is 426 g/mol. The lowest BCUT2D eigenvalue weighted by atomic mass is 9.98. The molecule has 0 radical (unpaired) electrons. The Morgan fingerprint density at radius 1 is 1.09 bits per heavy atom. The Kier molecular flexibility index (Phi) is 4.79. The van der Waals surface area contributed by atoms with Crippen molar-refractivity contribution in [3.05, 3.63) is 100 Å². The van der Waals surface area contributed by atoms with Gasteiger partial charge in [-0.15, -0.1) is 0 Å². The first kappa shape index (κ1) is 20.0. The summed E-state index contributed by atoms with van der Waals surface area (Å²) >= 11 is 6.31. The number of amides is 1. The van der Waals surface area contributed by atoms with E-state index in [2.05, 4.69) is 9.97 Å². The second kappa shape index (κ2) is 7.66. The van der Waals surface area contributed by atoms with Crippen LogP contribution in [0.1, 0.15) is 22.9 Å². The molecule has 5 rings (SSSR count). The van der Waals surface area contributed by atoms with Crippen LogP contribution in [0.25, 0.3) is 16.7 Å². The predicted molar refractivity (Wildman–Crippen MR) is 124 cm³/mol. The number of nitrogens with zero attached hydrogens (tertiary/aromatic N) is 2. The fourth-order valence-corrected chi connectivity index (χ4v) is 4.24. The van der Waals surface area contributed by atoms with Crippen molar-refractivity contribution in [3.63, 3.8) is 0 Å². The maximum atomic E-state index is 13.2. The number of anilines is 1. The topological polar surface area (TPSA) is 86.3 Å². The molecule has 0 bridgehead atoms. The summed E-state index contributed by atoms with van der Waals surface area (Å²) in [6.45, 7) is 1.85. The Hall–Kier alpha value is -3.90. The zero-order chi connectivity index (χ0) is 22.4. The number of halogens is 1. The first-order valence-electron chi connectivity index (χ1n) is 10.0. The van der Waals surface area contributed by atoms with Gasteiger partial charge in [0.05, 0.1) is 11.3 Å². The van der Waals surface area contributed by atoms with Crippen LogP contribution in [0.15, 0.2) is 78.6 Å². The molecule has 2 N–H and O–H groups in total. The molecule has 1 atom stereocenters. The first-order valence-corrected chi connectivity index (χ1v) is 10.4. The molecule has 6 nitrogen and oxygen atoms in total. The monoisotopic (exact) mass is 443 g/mol. The summed E-state index contributed by atoms with van der Waals surface area (Å²) in [4.78, 5) is 35.2. The number of aromatic amines is 1. The maximum Gasteiger partial charge on any atom is 0.300 e. The second-order valence-corrected chi connectivity index (χ2v) is 8.01. The number of ketones is 1. The Labute approximate surface area is 188 Å². The number of fused-ring (bicyclic) bond motifs is 1. The lowest BCUT2D eigenvalue weighted by Gasteiger charge is -2.25. The number of aliphatic hydroxyl groups is 1. The normalized spacial score (nSPS) is 17.9. The van der Waals surface area contributed by atoms with Crippen molar-refractivity contribution in [1.82, 2.24) is 9.97 Å². The lowest BCUT2D eigenvalue weighted by Crippen LogP contribution is -2.29. The van der Waals surface area contributed by atoms with Gasteiger partial charge in [-0.05, 0) is 42.8 Å². The number of rotatable bonds is 3. The Balaban J connectivity index is 1.76. The van der Waals surface area contributed by atoms with Crippen LogP contribution in [0, 0.1) is 6.92 Å². The molecule has 0 saturated carbocycles. The van der Waals surface area contributed by atoms with Gasteiger partial charge in [0, 0.05) is 39.6 Å². The number of aryl methyl sites for hydroxylation is 1. The molecule has 1 unspecified atom stereocenters. The SMILES string of the molecule is Cc1ccc(N2C(=O)C(=O)/C(=C(\O)c3c[nH]c4ccccc34)C2c2ccccn2)cc1Cl. The number of hydrogen-bond acceptors (Lipinski definition) is 4. The van der Waals surface area contributed by atoms with Crippen LogP contribution in [0.3, 0.4) is 0 Å². The summed E-state index contributed by atoms with van der Waals surface area (Å²) in [5.74, 6) is -1.78. The van der Waals surface area contributed by atoms with E-state index in [1.807, 2.05) is 31.2 Å². The number of pyridine rings is 1. The third-order valence-electron chi connectivity index (χ3n) is 5.69. The average molecular weight is 444 g/mol. The summed E-state index contributed by atoms with van der Waals surface area (Å²) in [5, 5.41) is 12.5. The van der Waals surface area contributed by atoms with Gasteiger partial charge in [-0.2, -0.15) is 0 Å². The first-order chi connectivity index (χ1) is 15.5. The maximum absolute atomic E-state index is 13.2. The highest BCUT2D eigenvalue weighted by atomic mass is 35.5. The number of benzene rings is 2. The molecule has 7 heteroatoms. The van der Waals surface area contributed by atoms with Crippen LogP contribution >= 0.6 is 11.6 Å². The zero-order valence-electron chi connectivity index (χ0n) is 17.0. The second-order valence-electron chi connectivity index (χ2n) is 7.61. The molecule has 3 heterocycles. The van der Waals surface area contributed by atoms with Gasteiger partial charge >= 0.3 is 0 Å². The van der Waals surface area contributed by atoms with Gasteiger partial charge in [0.1, 0.15) is 11.8 Å². The minimum absolute atomic E-state index is 0.0184. The van der Waals surface area contributed by atoms with E-state index in [-0.39, 0.29) is 11.3 Å². The largest absolute Gasteiger partial charge is 0.507 e. The molecule has 2 aromatic heterocycles. The van der Waals surface area contributed by atoms with Crippen LogP contribution in [0.4, 0.5) is 5.69 Å². The van der Waals surface area contributed by atoms with Gasteiger partial charge in [-0.3, -0.25) is 19.5 Å². The molecule has 4 aromatic rings. The summed E-state index contributed by atoms with van der Waals surface area (Å²) in [7, 11) is 0. The standard InChI is InChI=1S/C25H18ClN3O3/c1-14-9-10-15(12-18(14)26)29-22(20-8-4-5-11-27-20)21(24(31)25(29)32)23(30)17-13-28-19-7-3-2-6-16(17)19/h2-13,22,28,30H,1H3/b23-21-. The summed E-state index contributed by atoms with van der Waals surface area (Å²) < 4.78 is 0. The van der Waals surface area contributed by atoms with E-state index in [9.17, 15) is 14.7 Å². The van der Waals surface area contributed by atoms with Gasteiger partial charge < -0.3 is 10.1 Å². The van der Waals surface area contributed by atoms with Crippen LogP contribution in [-0.2, 0) is 9.59 Å². The van der Waals surface area contributed by atoms with Crippen LogP contribution in [-0.4, -0.2) is 26.8 Å². The molecule has 2 aromatic carbocycles. The molecular formula is C25H18ClN3O3. The molecule has 0 aliphatic carbocycles. The number of carbonyl (C=O) groups is 2. The molecule has 1 aliphatic rings. The van der Waals surface area contributed by atoms with Crippen molar-refractivity contribution in [3.8, 4) is 0 Å². The highest BCUT2D eigenvalue weighted by Crippen LogP contribution is 2.43.